The smallest absolute Gasteiger partial charge is 0.319 e. The molecule has 2 N–H and O–H groups in total. The van der Waals surface area contributed by atoms with Gasteiger partial charge in [-0.3, -0.25) is 9.97 Å². The Morgan fingerprint density at radius 2 is 1.81 bits per heavy atom. The Bertz CT molecular complexity index is 851. The SMILES string of the molecule is CCOc1ccc(NC(=O)NCc2ccnc(-c3ccncc3)c2)cc1. The van der Waals surface area contributed by atoms with Crippen LogP contribution in [0.4, 0.5) is 10.5 Å². The number of benzene rings is 1. The van der Waals surface area contributed by atoms with Gasteiger partial charge >= 0.3 is 6.03 Å². The molecule has 3 rings (SSSR count). The molecule has 0 fully saturated rings. The summed E-state index contributed by atoms with van der Waals surface area (Å²) in [7, 11) is 0. The van der Waals surface area contributed by atoms with E-state index in [-0.39, 0.29) is 6.03 Å². The molecule has 1 aromatic carbocycles. The summed E-state index contributed by atoms with van der Waals surface area (Å²) in [5.74, 6) is 0.777. The van der Waals surface area contributed by atoms with Crippen molar-refractivity contribution in [1.29, 1.82) is 0 Å². The largest absolute Gasteiger partial charge is 0.494 e. The van der Waals surface area contributed by atoms with Gasteiger partial charge in [-0.15, -0.1) is 0 Å². The lowest BCUT2D eigenvalue weighted by Crippen LogP contribution is -2.28. The zero-order chi connectivity index (χ0) is 18.2. The van der Waals surface area contributed by atoms with Crippen molar-refractivity contribution in [2.75, 3.05) is 11.9 Å². The molecule has 0 aliphatic rings. The summed E-state index contributed by atoms with van der Waals surface area (Å²) in [6.07, 6.45) is 5.19. The first kappa shape index (κ1) is 17.4. The molecule has 0 bridgehead atoms. The molecule has 0 saturated carbocycles. The fourth-order valence-corrected chi connectivity index (χ4v) is 2.42. The average Bonchev–Trinajstić information content (AvgIpc) is 2.69. The standard InChI is InChI=1S/C20H20N4O2/c1-2-26-18-5-3-17(4-6-18)24-20(25)23-14-15-7-12-22-19(13-15)16-8-10-21-11-9-16/h3-13H,2,14H2,1H3,(H2,23,24,25). The third kappa shape index (κ3) is 4.80. The lowest BCUT2D eigenvalue weighted by molar-refractivity contribution is 0.251. The summed E-state index contributed by atoms with van der Waals surface area (Å²) in [6, 6.07) is 14.6. The van der Waals surface area contributed by atoms with Crippen LogP contribution in [0.25, 0.3) is 11.3 Å². The van der Waals surface area contributed by atoms with Crippen molar-refractivity contribution in [2.24, 2.45) is 0 Å². The lowest BCUT2D eigenvalue weighted by Gasteiger charge is -2.09. The maximum absolute atomic E-state index is 12.1. The van der Waals surface area contributed by atoms with Gasteiger partial charge in [-0.2, -0.15) is 0 Å². The Morgan fingerprint density at radius 1 is 1.04 bits per heavy atom. The van der Waals surface area contributed by atoms with Crippen LogP contribution in [0.2, 0.25) is 0 Å². The maximum Gasteiger partial charge on any atom is 0.319 e. The Hall–Kier alpha value is -3.41. The van der Waals surface area contributed by atoms with Crippen molar-refractivity contribution in [3.63, 3.8) is 0 Å². The number of amides is 2. The average molecular weight is 348 g/mol. The van der Waals surface area contributed by atoms with Crippen LogP contribution in [-0.4, -0.2) is 22.6 Å². The third-order valence-electron chi connectivity index (χ3n) is 3.68. The van der Waals surface area contributed by atoms with E-state index in [0.29, 0.717) is 18.8 Å². The van der Waals surface area contributed by atoms with E-state index in [2.05, 4.69) is 20.6 Å². The molecule has 0 unspecified atom stereocenters. The topological polar surface area (TPSA) is 76.1 Å². The number of urea groups is 1. The number of rotatable bonds is 6. The Morgan fingerprint density at radius 3 is 2.54 bits per heavy atom. The van der Waals surface area contributed by atoms with Crippen molar-refractivity contribution < 1.29 is 9.53 Å². The van der Waals surface area contributed by atoms with Gasteiger partial charge in [0.1, 0.15) is 5.75 Å². The second kappa shape index (κ2) is 8.62. The summed E-state index contributed by atoms with van der Waals surface area (Å²) in [5, 5.41) is 5.64. The Kier molecular flexibility index (Phi) is 5.77. The second-order valence-electron chi connectivity index (χ2n) is 5.55. The molecule has 2 amide bonds. The van der Waals surface area contributed by atoms with Crippen LogP contribution < -0.4 is 15.4 Å². The van der Waals surface area contributed by atoms with Gasteiger partial charge in [-0.05, 0) is 61.0 Å². The number of nitrogens with one attached hydrogen (secondary N) is 2. The number of anilines is 1. The van der Waals surface area contributed by atoms with Gasteiger partial charge in [0.25, 0.3) is 0 Å². The maximum atomic E-state index is 12.1. The Balaban J connectivity index is 1.56. The lowest BCUT2D eigenvalue weighted by atomic mass is 10.1. The molecule has 0 aliphatic carbocycles. The number of carbonyl (C=O) groups excluding carboxylic acids is 1. The van der Waals surface area contributed by atoms with Crippen LogP contribution in [0.1, 0.15) is 12.5 Å². The molecular formula is C20H20N4O2. The van der Waals surface area contributed by atoms with E-state index in [1.54, 1.807) is 30.7 Å². The first-order valence-electron chi connectivity index (χ1n) is 8.37. The highest BCUT2D eigenvalue weighted by Gasteiger charge is 2.04. The van der Waals surface area contributed by atoms with E-state index in [0.717, 1.165) is 22.6 Å². The van der Waals surface area contributed by atoms with Crippen LogP contribution in [0.3, 0.4) is 0 Å². The molecule has 2 heterocycles. The van der Waals surface area contributed by atoms with Crippen molar-refractivity contribution in [3.8, 4) is 17.0 Å². The van der Waals surface area contributed by atoms with Crippen molar-refractivity contribution in [1.82, 2.24) is 15.3 Å². The highest BCUT2D eigenvalue weighted by atomic mass is 16.5. The summed E-state index contributed by atoms with van der Waals surface area (Å²) < 4.78 is 5.38. The normalized spacial score (nSPS) is 10.2. The predicted octanol–water partition coefficient (Wildman–Crippen LogP) is 3.86. The van der Waals surface area contributed by atoms with Gasteiger partial charge in [-0.1, -0.05) is 0 Å². The molecule has 132 valence electrons. The fraction of sp³-hybridized carbons (Fsp3) is 0.150. The highest BCUT2D eigenvalue weighted by Crippen LogP contribution is 2.17. The van der Waals surface area contributed by atoms with E-state index in [1.165, 1.54) is 0 Å². The summed E-state index contributed by atoms with van der Waals surface area (Å²) in [5.41, 5.74) is 3.51. The quantitative estimate of drug-likeness (QED) is 0.709. The molecule has 6 heteroatoms. The van der Waals surface area contributed by atoms with Gasteiger partial charge in [-0.25, -0.2) is 4.79 Å². The van der Waals surface area contributed by atoms with Gasteiger partial charge in [0.05, 0.1) is 12.3 Å². The molecule has 3 aromatic rings. The molecular weight excluding hydrogens is 328 g/mol. The van der Waals surface area contributed by atoms with Gasteiger partial charge < -0.3 is 15.4 Å². The summed E-state index contributed by atoms with van der Waals surface area (Å²) in [6.45, 7) is 2.95. The van der Waals surface area contributed by atoms with Crippen molar-refractivity contribution >= 4 is 11.7 Å². The first-order valence-corrected chi connectivity index (χ1v) is 8.37. The molecule has 0 radical (unpaired) electrons. The molecule has 0 aliphatic heterocycles. The number of ether oxygens (including phenoxy) is 1. The van der Waals surface area contributed by atoms with Crippen LogP contribution in [0.5, 0.6) is 5.75 Å². The second-order valence-corrected chi connectivity index (χ2v) is 5.55. The summed E-state index contributed by atoms with van der Waals surface area (Å²) in [4.78, 5) is 20.4. The minimum absolute atomic E-state index is 0.267. The molecule has 0 saturated heterocycles. The summed E-state index contributed by atoms with van der Waals surface area (Å²) >= 11 is 0. The van der Waals surface area contributed by atoms with E-state index in [1.807, 2.05) is 43.3 Å². The molecule has 2 aromatic heterocycles. The third-order valence-corrected chi connectivity index (χ3v) is 3.68. The van der Waals surface area contributed by atoms with E-state index in [9.17, 15) is 4.79 Å². The van der Waals surface area contributed by atoms with Crippen LogP contribution in [-0.2, 0) is 6.54 Å². The minimum Gasteiger partial charge on any atom is -0.494 e. The monoisotopic (exact) mass is 348 g/mol. The van der Waals surface area contributed by atoms with Crippen LogP contribution in [0, 0.1) is 0 Å². The zero-order valence-corrected chi connectivity index (χ0v) is 14.5. The van der Waals surface area contributed by atoms with Crippen LogP contribution >= 0.6 is 0 Å². The molecule has 26 heavy (non-hydrogen) atoms. The number of hydrogen-bond acceptors (Lipinski definition) is 4. The number of hydrogen-bond donors (Lipinski definition) is 2. The van der Waals surface area contributed by atoms with Gasteiger partial charge in [0.15, 0.2) is 0 Å². The van der Waals surface area contributed by atoms with Crippen LogP contribution in [0.15, 0.2) is 67.1 Å². The first-order chi connectivity index (χ1) is 12.7. The number of aromatic nitrogens is 2. The highest BCUT2D eigenvalue weighted by molar-refractivity contribution is 5.89. The van der Waals surface area contributed by atoms with E-state index >= 15 is 0 Å². The molecule has 0 spiro atoms. The number of pyridine rings is 2. The molecule has 0 atom stereocenters. The van der Waals surface area contributed by atoms with Crippen molar-refractivity contribution in [2.45, 2.75) is 13.5 Å². The fourth-order valence-electron chi connectivity index (χ4n) is 2.42. The van der Waals surface area contributed by atoms with E-state index < -0.39 is 0 Å². The molecule has 6 nitrogen and oxygen atoms in total. The predicted molar refractivity (Wildman–Crippen MR) is 101 cm³/mol. The van der Waals surface area contributed by atoms with E-state index in [4.69, 9.17) is 4.74 Å². The number of carbonyl (C=O) groups is 1. The van der Waals surface area contributed by atoms with Crippen molar-refractivity contribution in [3.05, 3.63) is 72.7 Å². The van der Waals surface area contributed by atoms with Gasteiger partial charge in [0.2, 0.25) is 0 Å². The zero-order valence-electron chi connectivity index (χ0n) is 14.5. The van der Waals surface area contributed by atoms with Gasteiger partial charge in [0, 0.05) is 36.4 Å². The minimum atomic E-state index is -0.267. The number of nitrogens with zero attached hydrogens (tertiary/aromatic N) is 2. The Labute approximate surface area is 152 Å².